The molecule has 0 saturated heterocycles. The van der Waals surface area contributed by atoms with Crippen LogP contribution in [0.4, 0.5) is 0 Å². The van der Waals surface area contributed by atoms with Crippen molar-refractivity contribution in [3.8, 4) is 0 Å². The number of allylic oxidation sites excluding steroid dienone is 1. The average Bonchev–Trinajstić information content (AvgIpc) is 2.33. The third kappa shape index (κ3) is 1.29. The van der Waals surface area contributed by atoms with Crippen LogP contribution in [0.3, 0.4) is 0 Å². The van der Waals surface area contributed by atoms with Gasteiger partial charge in [0.1, 0.15) is 0 Å². The minimum Gasteiger partial charge on any atom is -0.380 e. The molecule has 0 spiro atoms. The van der Waals surface area contributed by atoms with Crippen molar-refractivity contribution in [2.45, 2.75) is 6.92 Å². The third-order valence-electron chi connectivity index (χ3n) is 1.23. The summed E-state index contributed by atoms with van der Waals surface area (Å²) >= 11 is 0. The zero-order valence-corrected chi connectivity index (χ0v) is 6.24. The minimum atomic E-state index is 0.355. The number of rotatable bonds is 1. The van der Waals surface area contributed by atoms with Crippen LogP contribution in [0.2, 0.25) is 0 Å². The first-order valence-electron chi connectivity index (χ1n) is 3.16. The van der Waals surface area contributed by atoms with E-state index in [0.717, 1.165) is 0 Å². The van der Waals surface area contributed by atoms with Crippen molar-refractivity contribution in [1.82, 2.24) is 0 Å². The minimum absolute atomic E-state index is 0.355. The molecule has 0 bridgehead atoms. The molecule has 0 fully saturated rings. The summed E-state index contributed by atoms with van der Waals surface area (Å²) in [4.78, 5) is 8.60. The fraction of sp³-hybridized carbons (Fsp3) is 0.143. The molecule has 1 heterocycles. The first kappa shape index (κ1) is 7.53. The van der Waals surface area contributed by atoms with Gasteiger partial charge in [0.15, 0.2) is 5.84 Å². The topological polar surface area (TPSA) is 60.0 Å². The molecular weight excluding hydrogens is 142 g/mol. The van der Waals surface area contributed by atoms with Gasteiger partial charge >= 0.3 is 0 Å². The van der Waals surface area contributed by atoms with E-state index in [4.69, 9.17) is 10.6 Å². The Morgan fingerprint density at radius 2 is 2.45 bits per heavy atom. The van der Waals surface area contributed by atoms with Gasteiger partial charge in [-0.25, -0.2) is 4.99 Å². The van der Waals surface area contributed by atoms with Gasteiger partial charge in [-0.15, -0.1) is 0 Å². The summed E-state index contributed by atoms with van der Waals surface area (Å²) in [5.41, 5.74) is 6.16. The summed E-state index contributed by atoms with van der Waals surface area (Å²) in [5.74, 6) is 0.758. The molecule has 0 radical (unpaired) electrons. The van der Waals surface area contributed by atoms with Crippen LogP contribution in [-0.2, 0) is 4.84 Å². The van der Waals surface area contributed by atoms with Crippen LogP contribution < -0.4 is 5.73 Å². The number of hydrogen-bond donors (Lipinski definition) is 1. The van der Waals surface area contributed by atoms with Crippen molar-refractivity contribution in [3.05, 3.63) is 24.4 Å². The maximum atomic E-state index is 5.45. The molecule has 0 unspecified atom stereocenters. The predicted molar refractivity (Wildman–Crippen MR) is 44.1 cm³/mol. The highest BCUT2D eigenvalue weighted by Gasteiger charge is 2.18. The van der Waals surface area contributed by atoms with E-state index >= 15 is 0 Å². The Bertz CT molecular complexity index is 263. The van der Waals surface area contributed by atoms with Gasteiger partial charge in [-0.3, -0.25) is 0 Å². The Labute approximate surface area is 64.7 Å². The largest absolute Gasteiger partial charge is 0.380 e. The SMILES string of the molecule is C=C/N=C1/ON=C(N)/C1=C/C. The van der Waals surface area contributed by atoms with Crippen molar-refractivity contribution >= 4 is 11.7 Å². The number of nitrogens with zero attached hydrogens (tertiary/aromatic N) is 2. The fourth-order valence-electron chi connectivity index (χ4n) is 0.748. The Hall–Kier alpha value is -1.58. The lowest BCUT2D eigenvalue weighted by Crippen LogP contribution is -2.14. The van der Waals surface area contributed by atoms with Crippen molar-refractivity contribution in [1.29, 1.82) is 0 Å². The Morgan fingerprint density at radius 3 is 3.00 bits per heavy atom. The van der Waals surface area contributed by atoms with Gasteiger partial charge in [0.05, 0.1) is 5.57 Å². The van der Waals surface area contributed by atoms with Crippen molar-refractivity contribution in [3.63, 3.8) is 0 Å². The van der Waals surface area contributed by atoms with E-state index < -0.39 is 0 Å². The maximum Gasteiger partial charge on any atom is 0.259 e. The van der Waals surface area contributed by atoms with E-state index in [2.05, 4.69) is 16.7 Å². The molecule has 1 aliphatic rings. The summed E-state index contributed by atoms with van der Waals surface area (Å²) < 4.78 is 0. The first-order valence-corrected chi connectivity index (χ1v) is 3.16. The van der Waals surface area contributed by atoms with E-state index in [-0.39, 0.29) is 0 Å². The molecule has 4 nitrogen and oxygen atoms in total. The zero-order chi connectivity index (χ0) is 8.27. The van der Waals surface area contributed by atoms with Gasteiger partial charge in [0.2, 0.25) is 0 Å². The van der Waals surface area contributed by atoms with Crippen LogP contribution in [-0.4, -0.2) is 11.7 Å². The zero-order valence-electron chi connectivity index (χ0n) is 6.24. The van der Waals surface area contributed by atoms with Gasteiger partial charge in [-0.05, 0) is 6.92 Å². The smallest absolute Gasteiger partial charge is 0.259 e. The standard InChI is InChI=1S/C7H9N3O/c1-3-5-6(8)10-11-7(5)9-4-2/h3-4H,2H2,1H3,(H2,8,10)/b5-3-,9-7+. The lowest BCUT2D eigenvalue weighted by atomic mass is 10.2. The molecule has 11 heavy (non-hydrogen) atoms. The second kappa shape index (κ2) is 3.01. The second-order valence-electron chi connectivity index (χ2n) is 1.89. The van der Waals surface area contributed by atoms with Crippen LogP contribution in [0.15, 0.2) is 34.6 Å². The van der Waals surface area contributed by atoms with Gasteiger partial charge in [0, 0.05) is 6.20 Å². The Morgan fingerprint density at radius 1 is 1.73 bits per heavy atom. The van der Waals surface area contributed by atoms with Crippen LogP contribution in [0, 0.1) is 0 Å². The summed E-state index contributed by atoms with van der Waals surface area (Å²) in [6.45, 7) is 5.27. The number of aliphatic imine (C=N–C) groups is 1. The van der Waals surface area contributed by atoms with E-state index in [1.54, 1.807) is 6.08 Å². The fourth-order valence-corrected chi connectivity index (χ4v) is 0.748. The molecule has 4 heteroatoms. The normalized spacial score (nSPS) is 23.5. The van der Waals surface area contributed by atoms with Crippen molar-refractivity contribution in [2.24, 2.45) is 15.9 Å². The second-order valence-corrected chi connectivity index (χ2v) is 1.89. The molecule has 0 aromatic carbocycles. The van der Waals surface area contributed by atoms with Crippen molar-refractivity contribution in [2.75, 3.05) is 0 Å². The highest BCUT2D eigenvalue weighted by Crippen LogP contribution is 2.08. The molecule has 0 atom stereocenters. The monoisotopic (exact) mass is 151 g/mol. The molecule has 0 aromatic heterocycles. The summed E-state index contributed by atoms with van der Waals surface area (Å²) in [6.07, 6.45) is 3.17. The molecule has 0 aliphatic carbocycles. The van der Waals surface area contributed by atoms with E-state index in [9.17, 15) is 0 Å². The summed E-state index contributed by atoms with van der Waals surface area (Å²) in [6, 6.07) is 0. The van der Waals surface area contributed by atoms with E-state index in [1.807, 2.05) is 6.92 Å². The average molecular weight is 151 g/mol. The molecule has 1 rings (SSSR count). The van der Waals surface area contributed by atoms with Crippen LogP contribution in [0.5, 0.6) is 0 Å². The molecule has 0 amide bonds. The number of oxime groups is 1. The molecule has 2 N–H and O–H groups in total. The quantitative estimate of drug-likeness (QED) is 0.601. The third-order valence-corrected chi connectivity index (χ3v) is 1.23. The van der Waals surface area contributed by atoms with E-state index in [1.165, 1.54) is 6.20 Å². The highest BCUT2D eigenvalue weighted by molar-refractivity contribution is 6.22. The summed E-state index contributed by atoms with van der Waals surface area (Å²) in [5, 5.41) is 3.54. The Balaban J connectivity index is 2.94. The molecule has 0 saturated carbocycles. The van der Waals surface area contributed by atoms with Crippen molar-refractivity contribution < 1.29 is 4.84 Å². The highest BCUT2D eigenvalue weighted by atomic mass is 16.6. The van der Waals surface area contributed by atoms with Crippen LogP contribution in [0.25, 0.3) is 0 Å². The first-order chi connectivity index (χ1) is 5.29. The predicted octanol–water partition coefficient (Wildman–Crippen LogP) is 0.777. The van der Waals surface area contributed by atoms with Gasteiger partial charge in [-0.1, -0.05) is 17.8 Å². The number of hydrogen-bond acceptors (Lipinski definition) is 4. The molecule has 0 aromatic rings. The maximum absolute atomic E-state index is 5.45. The molecular formula is C7H9N3O. The van der Waals surface area contributed by atoms with Gasteiger partial charge in [-0.2, -0.15) is 0 Å². The Kier molecular flexibility index (Phi) is 2.06. The van der Waals surface area contributed by atoms with Crippen LogP contribution >= 0.6 is 0 Å². The lowest BCUT2D eigenvalue weighted by molar-refractivity contribution is 0.341. The lowest BCUT2D eigenvalue weighted by Gasteiger charge is -1.92. The molecule has 1 aliphatic heterocycles. The summed E-state index contributed by atoms with van der Waals surface area (Å²) in [7, 11) is 0. The number of nitrogens with two attached hydrogens (primary N) is 1. The van der Waals surface area contributed by atoms with Gasteiger partial charge in [0.25, 0.3) is 5.90 Å². The van der Waals surface area contributed by atoms with Crippen LogP contribution in [0.1, 0.15) is 6.92 Å². The van der Waals surface area contributed by atoms with Gasteiger partial charge < -0.3 is 10.6 Å². The van der Waals surface area contributed by atoms with E-state index in [0.29, 0.717) is 17.3 Å². The molecule has 58 valence electrons. The number of amidine groups is 1.